The monoisotopic (exact) mass is 370 g/mol. The van der Waals surface area contributed by atoms with E-state index in [1.54, 1.807) is 31.2 Å². The smallest absolute Gasteiger partial charge is 0.314 e. The van der Waals surface area contributed by atoms with Crippen LogP contribution in [0.15, 0.2) is 47.6 Å². The molecule has 0 bridgehead atoms. The predicted molar refractivity (Wildman–Crippen MR) is 97.5 cm³/mol. The Hall–Kier alpha value is -2.76. The summed E-state index contributed by atoms with van der Waals surface area (Å²) in [4.78, 5) is 12.3. The van der Waals surface area contributed by atoms with Crippen LogP contribution in [0.5, 0.6) is 0 Å². The number of carboxylic acids is 1. The molecule has 6 heteroatoms. The van der Waals surface area contributed by atoms with Crippen LogP contribution in [0.4, 0.5) is 8.78 Å². The molecule has 2 aromatic carbocycles. The second-order valence-corrected chi connectivity index (χ2v) is 7.45. The molecular formula is C21H20F2N2O2. The van der Waals surface area contributed by atoms with Gasteiger partial charge < -0.3 is 5.11 Å². The zero-order chi connectivity index (χ0) is 19.3. The maximum absolute atomic E-state index is 14.1. The Morgan fingerprint density at radius 2 is 1.93 bits per heavy atom. The van der Waals surface area contributed by atoms with Gasteiger partial charge in [-0.2, -0.15) is 5.10 Å². The van der Waals surface area contributed by atoms with Crippen molar-refractivity contribution in [3.05, 3.63) is 70.8 Å². The van der Waals surface area contributed by atoms with Gasteiger partial charge in [0.05, 0.1) is 11.5 Å². The van der Waals surface area contributed by atoms with Gasteiger partial charge in [0.25, 0.3) is 0 Å². The van der Waals surface area contributed by atoms with Crippen molar-refractivity contribution < 1.29 is 18.7 Å². The van der Waals surface area contributed by atoms with E-state index in [-0.39, 0.29) is 24.2 Å². The summed E-state index contributed by atoms with van der Waals surface area (Å²) >= 11 is 0. The van der Waals surface area contributed by atoms with E-state index in [1.165, 1.54) is 18.2 Å². The number of aliphatic carboxylic acids is 1. The number of hydrazone groups is 1. The van der Waals surface area contributed by atoms with Gasteiger partial charge in [0.15, 0.2) is 0 Å². The van der Waals surface area contributed by atoms with Crippen LogP contribution in [0.25, 0.3) is 0 Å². The van der Waals surface area contributed by atoms with Crippen LogP contribution in [0, 0.1) is 24.5 Å². The minimum Gasteiger partial charge on any atom is -0.481 e. The Bertz CT molecular complexity index is 942. The van der Waals surface area contributed by atoms with Crippen molar-refractivity contribution in [1.29, 1.82) is 0 Å². The van der Waals surface area contributed by atoms with E-state index in [2.05, 4.69) is 5.10 Å². The molecule has 4 nitrogen and oxygen atoms in total. The normalized spacial score (nSPS) is 26.8. The number of hydrogen-bond donors (Lipinski definition) is 1. The quantitative estimate of drug-likeness (QED) is 0.887. The summed E-state index contributed by atoms with van der Waals surface area (Å²) < 4.78 is 27.4. The van der Waals surface area contributed by atoms with E-state index in [0.29, 0.717) is 17.5 Å². The van der Waals surface area contributed by atoms with Crippen molar-refractivity contribution >= 4 is 11.7 Å². The topological polar surface area (TPSA) is 52.9 Å². The molecule has 1 N–H and O–H groups in total. The van der Waals surface area contributed by atoms with Crippen molar-refractivity contribution in [2.75, 3.05) is 7.05 Å². The fourth-order valence-electron chi connectivity index (χ4n) is 4.65. The molecule has 0 amide bonds. The van der Waals surface area contributed by atoms with Crippen LogP contribution in [0.2, 0.25) is 0 Å². The van der Waals surface area contributed by atoms with E-state index in [1.807, 2.05) is 12.1 Å². The summed E-state index contributed by atoms with van der Waals surface area (Å²) in [5, 5.41) is 16.5. The first-order valence-corrected chi connectivity index (χ1v) is 8.88. The van der Waals surface area contributed by atoms with Crippen LogP contribution < -0.4 is 0 Å². The van der Waals surface area contributed by atoms with Gasteiger partial charge in [-0.25, -0.2) is 8.78 Å². The third-order valence-corrected chi connectivity index (χ3v) is 5.95. The first kappa shape index (κ1) is 17.6. The van der Waals surface area contributed by atoms with Crippen LogP contribution in [0.3, 0.4) is 0 Å². The van der Waals surface area contributed by atoms with Gasteiger partial charge in [0.2, 0.25) is 0 Å². The van der Waals surface area contributed by atoms with Gasteiger partial charge in [-0.3, -0.25) is 9.80 Å². The second-order valence-electron chi connectivity index (χ2n) is 7.45. The molecule has 2 aliphatic rings. The third-order valence-electron chi connectivity index (χ3n) is 5.95. The van der Waals surface area contributed by atoms with Gasteiger partial charge in [-0.05, 0) is 48.2 Å². The highest BCUT2D eigenvalue weighted by Gasteiger charge is 2.55. The van der Waals surface area contributed by atoms with Gasteiger partial charge in [-0.1, -0.05) is 24.3 Å². The minimum atomic E-state index is -1.20. The van der Waals surface area contributed by atoms with Crippen LogP contribution >= 0.6 is 0 Å². The lowest BCUT2D eigenvalue weighted by molar-refractivity contribution is -0.143. The third kappa shape index (κ3) is 2.62. The molecule has 2 aromatic rings. The molecule has 1 fully saturated rings. The van der Waals surface area contributed by atoms with Crippen molar-refractivity contribution in [2.24, 2.45) is 11.0 Å². The zero-order valence-electron chi connectivity index (χ0n) is 15.1. The van der Waals surface area contributed by atoms with Gasteiger partial charge in [0, 0.05) is 25.1 Å². The highest BCUT2D eigenvalue weighted by Crippen LogP contribution is 2.52. The molecule has 0 radical (unpaired) electrons. The van der Waals surface area contributed by atoms with Crippen LogP contribution in [-0.4, -0.2) is 28.8 Å². The van der Waals surface area contributed by atoms with Crippen LogP contribution in [0.1, 0.15) is 35.6 Å². The summed E-state index contributed by atoms with van der Waals surface area (Å²) in [7, 11) is 1.84. The fraction of sp³-hybridized carbons (Fsp3) is 0.333. The number of rotatable bonds is 3. The molecule has 0 spiro atoms. The minimum absolute atomic E-state index is 0.112. The zero-order valence-corrected chi connectivity index (χ0v) is 15.1. The number of halogens is 2. The highest BCUT2D eigenvalue weighted by atomic mass is 19.1. The number of hydrogen-bond acceptors (Lipinski definition) is 3. The lowest BCUT2D eigenvalue weighted by Crippen LogP contribution is -2.35. The number of fused-ring (bicyclic) bond motifs is 1. The number of carboxylic acid groups (broad SMARTS) is 1. The average molecular weight is 370 g/mol. The number of benzene rings is 2. The first-order valence-electron chi connectivity index (χ1n) is 8.88. The van der Waals surface area contributed by atoms with Crippen LogP contribution in [-0.2, 0) is 10.2 Å². The molecule has 1 aliphatic carbocycles. The van der Waals surface area contributed by atoms with E-state index in [9.17, 15) is 18.7 Å². The lowest BCUT2D eigenvalue weighted by atomic mass is 9.75. The van der Waals surface area contributed by atoms with Crippen molar-refractivity contribution in [1.82, 2.24) is 5.01 Å². The molecule has 0 saturated heterocycles. The van der Waals surface area contributed by atoms with Crippen molar-refractivity contribution in [2.45, 2.75) is 31.2 Å². The van der Waals surface area contributed by atoms with E-state index < -0.39 is 17.2 Å². The van der Waals surface area contributed by atoms with E-state index >= 15 is 0 Å². The summed E-state index contributed by atoms with van der Waals surface area (Å²) in [5.74, 6) is -1.80. The molecular weight excluding hydrogens is 350 g/mol. The summed E-state index contributed by atoms with van der Waals surface area (Å²) in [6.45, 7) is 1.62. The first-order chi connectivity index (χ1) is 12.8. The maximum atomic E-state index is 14.1. The molecule has 3 unspecified atom stereocenters. The predicted octanol–water partition coefficient (Wildman–Crippen LogP) is 4.05. The molecule has 27 heavy (non-hydrogen) atoms. The molecule has 1 aliphatic heterocycles. The highest BCUT2D eigenvalue weighted by molar-refractivity contribution is 5.99. The molecule has 0 aromatic heterocycles. The molecule has 1 heterocycles. The summed E-state index contributed by atoms with van der Waals surface area (Å²) in [6, 6.07) is 10.7. The maximum Gasteiger partial charge on any atom is 0.314 e. The van der Waals surface area contributed by atoms with Gasteiger partial charge >= 0.3 is 5.97 Å². The Kier molecular flexibility index (Phi) is 4.02. The Labute approximate surface area is 156 Å². The largest absolute Gasteiger partial charge is 0.481 e. The van der Waals surface area contributed by atoms with Crippen molar-refractivity contribution in [3.63, 3.8) is 0 Å². The van der Waals surface area contributed by atoms with Crippen molar-refractivity contribution in [3.8, 4) is 0 Å². The van der Waals surface area contributed by atoms with E-state index in [0.717, 1.165) is 11.3 Å². The number of nitrogens with zero attached hydrogens (tertiary/aromatic N) is 2. The summed E-state index contributed by atoms with van der Waals surface area (Å²) in [5.41, 5.74) is 1.37. The standard InChI is InChI=1S/C21H20F2N2O2/c1-12-16(4-3-5-17(12)23)21(20(26)27)10-15-18(11-21)24-25(2)19(15)13-6-8-14(22)9-7-13/h3-9,15,19H,10-11H2,1-2H3,(H,26,27). The molecule has 140 valence electrons. The average Bonchev–Trinajstić information content (AvgIpc) is 3.12. The Morgan fingerprint density at radius 3 is 2.59 bits per heavy atom. The lowest BCUT2D eigenvalue weighted by Gasteiger charge is -2.30. The fourth-order valence-corrected chi connectivity index (χ4v) is 4.65. The molecule has 4 rings (SSSR count). The second kappa shape index (κ2) is 6.15. The number of carbonyl (C=O) groups is 1. The van der Waals surface area contributed by atoms with E-state index in [4.69, 9.17) is 0 Å². The SMILES string of the molecule is Cc1c(F)cccc1C1(C(=O)O)CC2=NN(C)C(c3ccc(F)cc3)C2C1. The summed E-state index contributed by atoms with van der Waals surface area (Å²) in [6.07, 6.45) is 0.581. The molecule has 3 atom stereocenters. The Balaban J connectivity index is 1.77. The Morgan fingerprint density at radius 1 is 1.22 bits per heavy atom. The van der Waals surface area contributed by atoms with Gasteiger partial charge in [-0.15, -0.1) is 0 Å². The molecule has 1 saturated carbocycles. The van der Waals surface area contributed by atoms with Gasteiger partial charge in [0.1, 0.15) is 11.6 Å².